The Hall–Kier alpha value is -1.12. The highest BCUT2D eigenvalue weighted by Gasteiger charge is 1.99. The molecule has 0 aliphatic heterocycles. The van der Waals surface area contributed by atoms with Crippen molar-refractivity contribution in [3.63, 3.8) is 0 Å². The Labute approximate surface area is 123 Å². The quantitative estimate of drug-likeness (QED) is 0.477. The molecule has 0 amide bonds. The Kier molecular flexibility index (Phi) is 9.89. The lowest BCUT2D eigenvalue weighted by Gasteiger charge is -2.08. The standard InChI is InChI=1S/C18H28O2/c1-2-3-4-6-9-17(12-14-19)13-15-20-16-18-10-7-5-8-11-18/h5,7-8,10-12,19H,2-4,6,9,13-16H2,1H3/b17-12-. The van der Waals surface area contributed by atoms with E-state index in [2.05, 4.69) is 19.1 Å². The van der Waals surface area contributed by atoms with Crippen molar-refractivity contribution in [2.75, 3.05) is 13.2 Å². The van der Waals surface area contributed by atoms with Gasteiger partial charge in [0, 0.05) is 0 Å². The summed E-state index contributed by atoms with van der Waals surface area (Å²) in [6.45, 7) is 3.77. The van der Waals surface area contributed by atoms with Crippen LogP contribution in [0, 0.1) is 0 Å². The van der Waals surface area contributed by atoms with E-state index in [1.807, 2.05) is 24.3 Å². The highest BCUT2D eigenvalue weighted by Crippen LogP contribution is 2.14. The van der Waals surface area contributed by atoms with E-state index in [0.29, 0.717) is 6.61 Å². The average Bonchev–Trinajstić information content (AvgIpc) is 2.49. The van der Waals surface area contributed by atoms with Crippen LogP contribution in [0.2, 0.25) is 0 Å². The molecule has 112 valence electrons. The van der Waals surface area contributed by atoms with Crippen molar-refractivity contribution in [2.45, 2.75) is 52.1 Å². The fourth-order valence-electron chi connectivity index (χ4n) is 2.20. The van der Waals surface area contributed by atoms with Crippen LogP contribution in [0.1, 0.15) is 51.0 Å². The van der Waals surface area contributed by atoms with Gasteiger partial charge in [-0.05, 0) is 24.8 Å². The minimum atomic E-state index is 0.141. The zero-order valence-corrected chi connectivity index (χ0v) is 12.7. The Balaban J connectivity index is 2.17. The maximum Gasteiger partial charge on any atom is 0.0717 e. The van der Waals surface area contributed by atoms with E-state index < -0.39 is 0 Å². The highest BCUT2D eigenvalue weighted by atomic mass is 16.5. The van der Waals surface area contributed by atoms with E-state index in [-0.39, 0.29) is 6.61 Å². The fraction of sp³-hybridized carbons (Fsp3) is 0.556. The summed E-state index contributed by atoms with van der Waals surface area (Å²) in [4.78, 5) is 0. The summed E-state index contributed by atoms with van der Waals surface area (Å²) >= 11 is 0. The zero-order chi connectivity index (χ0) is 14.5. The van der Waals surface area contributed by atoms with Gasteiger partial charge in [-0.25, -0.2) is 0 Å². The van der Waals surface area contributed by atoms with Crippen LogP contribution in [0.5, 0.6) is 0 Å². The van der Waals surface area contributed by atoms with Crippen molar-refractivity contribution in [3.8, 4) is 0 Å². The van der Waals surface area contributed by atoms with Crippen molar-refractivity contribution in [2.24, 2.45) is 0 Å². The van der Waals surface area contributed by atoms with Crippen molar-refractivity contribution in [1.29, 1.82) is 0 Å². The second-order valence-electron chi connectivity index (χ2n) is 5.14. The molecule has 2 heteroatoms. The first-order valence-electron chi connectivity index (χ1n) is 7.77. The highest BCUT2D eigenvalue weighted by molar-refractivity contribution is 5.13. The summed E-state index contributed by atoms with van der Waals surface area (Å²) in [5.74, 6) is 0. The van der Waals surface area contributed by atoms with Gasteiger partial charge in [0.1, 0.15) is 0 Å². The Morgan fingerprint density at radius 3 is 2.60 bits per heavy atom. The second-order valence-corrected chi connectivity index (χ2v) is 5.14. The smallest absolute Gasteiger partial charge is 0.0717 e. The summed E-state index contributed by atoms with van der Waals surface area (Å²) in [5.41, 5.74) is 2.54. The molecule has 0 heterocycles. The molecule has 20 heavy (non-hydrogen) atoms. The molecule has 0 aliphatic rings. The van der Waals surface area contributed by atoms with Crippen LogP contribution >= 0.6 is 0 Å². The van der Waals surface area contributed by atoms with E-state index >= 15 is 0 Å². The molecule has 0 fully saturated rings. The fourth-order valence-corrected chi connectivity index (χ4v) is 2.20. The maximum absolute atomic E-state index is 9.06. The van der Waals surface area contributed by atoms with Crippen LogP contribution in [-0.2, 0) is 11.3 Å². The number of rotatable bonds is 11. The molecule has 1 aromatic rings. The molecule has 2 nitrogen and oxygen atoms in total. The molecule has 0 unspecified atom stereocenters. The number of hydrogen-bond acceptors (Lipinski definition) is 2. The van der Waals surface area contributed by atoms with Crippen LogP contribution < -0.4 is 0 Å². The van der Waals surface area contributed by atoms with Gasteiger partial charge in [0.15, 0.2) is 0 Å². The molecule has 0 saturated carbocycles. The lowest BCUT2D eigenvalue weighted by atomic mass is 10.0. The number of aliphatic hydroxyl groups excluding tert-OH is 1. The maximum atomic E-state index is 9.06. The summed E-state index contributed by atoms with van der Waals surface area (Å²) < 4.78 is 5.70. The van der Waals surface area contributed by atoms with Gasteiger partial charge in [0.2, 0.25) is 0 Å². The first kappa shape index (κ1) is 16.9. The molecule has 1 N–H and O–H groups in total. The van der Waals surface area contributed by atoms with Gasteiger partial charge in [-0.15, -0.1) is 0 Å². The van der Waals surface area contributed by atoms with Crippen molar-refractivity contribution >= 4 is 0 Å². The number of ether oxygens (including phenoxy) is 1. The first-order valence-corrected chi connectivity index (χ1v) is 7.77. The Bertz CT molecular complexity index is 357. The summed E-state index contributed by atoms with van der Waals surface area (Å²) in [5, 5.41) is 9.06. The second kappa shape index (κ2) is 11.7. The monoisotopic (exact) mass is 276 g/mol. The molecule has 0 radical (unpaired) electrons. The zero-order valence-electron chi connectivity index (χ0n) is 12.7. The molecule has 1 aromatic carbocycles. The van der Waals surface area contributed by atoms with Crippen LogP contribution in [0.3, 0.4) is 0 Å². The van der Waals surface area contributed by atoms with Crippen LogP contribution in [0.25, 0.3) is 0 Å². The number of hydrogen-bond donors (Lipinski definition) is 1. The molecular weight excluding hydrogens is 248 g/mol. The molecular formula is C18H28O2. The van der Waals surface area contributed by atoms with E-state index in [1.54, 1.807) is 0 Å². The minimum Gasteiger partial charge on any atom is -0.392 e. The molecule has 0 aromatic heterocycles. The number of aliphatic hydroxyl groups is 1. The van der Waals surface area contributed by atoms with Crippen LogP contribution in [0.4, 0.5) is 0 Å². The molecule has 0 atom stereocenters. The third-order valence-corrected chi connectivity index (χ3v) is 3.41. The van der Waals surface area contributed by atoms with E-state index in [0.717, 1.165) is 19.4 Å². The summed E-state index contributed by atoms with van der Waals surface area (Å²) in [6, 6.07) is 10.2. The van der Waals surface area contributed by atoms with Gasteiger partial charge < -0.3 is 9.84 Å². The average molecular weight is 276 g/mol. The van der Waals surface area contributed by atoms with Gasteiger partial charge in [-0.2, -0.15) is 0 Å². The number of unbranched alkanes of at least 4 members (excludes halogenated alkanes) is 3. The van der Waals surface area contributed by atoms with Gasteiger partial charge in [-0.1, -0.05) is 68.2 Å². The lowest BCUT2D eigenvalue weighted by molar-refractivity contribution is 0.123. The first-order chi connectivity index (χ1) is 9.86. The summed E-state index contributed by atoms with van der Waals surface area (Å²) in [7, 11) is 0. The Morgan fingerprint density at radius 1 is 1.10 bits per heavy atom. The van der Waals surface area contributed by atoms with Gasteiger partial charge in [0.25, 0.3) is 0 Å². The number of benzene rings is 1. The van der Waals surface area contributed by atoms with Crippen LogP contribution in [-0.4, -0.2) is 18.3 Å². The van der Waals surface area contributed by atoms with Crippen molar-refractivity contribution in [3.05, 3.63) is 47.5 Å². The van der Waals surface area contributed by atoms with Crippen molar-refractivity contribution < 1.29 is 9.84 Å². The van der Waals surface area contributed by atoms with Gasteiger partial charge >= 0.3 is 0 Å². The molecule has 1 rings (SSSR count). The van der Waals surface area contributed by atoms with E-state index in [1.165, 1.54) is 36.8 Å². The predicted molar refractivity (Wildman–Crippen MR) is 84.6 cm³/mol. The molecule has 0 aliphatic carbocycles. The van der Waals surface area contributed by atoms with E-state index in [9.17, 15) is 0 Å². The predicted octanol–water partition coefficient (Wildman–Crippen LogP) is 4.48. The minimum absolute atomic E-state index is 0.141. The molecule has 0 spiro atoms. The molecule has 0 bridgehead atoms. The largest absolute Gasteiger partial charge is 0.392 e. The topological polar surface area (TPSA) is 29.5 Å². The normalized spacial score (nSPS) is 11.8. The van der Waals surface area contributed by atoms with Crippen molar-refractivity contribution in [1.82, 2.24) is 0 Å². The van der Waals surface area contributed by atoms with Gasteiger partial charge in [0.05, 0.1) is 19.8 Å². The third kappa shape index (κ3) is 8.13. The van der Waals surface area contributed by atoms with E-state index in [4.69, 9.17) is 9.84 Å². The van der Waals surface area contributed by atoms with Crippen LogP contribution in [0.15, 0.2) is 42.0 Å². The summed E-state index contributed by atoms with van der Waals surface area (Å²) in [6.07, 6.45) is 9.03. The third-order valence-electron chi connectivity index (χ3n) is 3.41. The molecule has 0 saturated heterocycles. The lowest BCUT2D eigenvalue weighted by Crippen LogP contribution is -1.98. The SMILES string of the molecule is CCCCCC/C(=C/CO)CCOCc1ccccc1. The van der Waals surface area contributed by atoms with Gasteiger partial charge in [-0.3, -0.25) is 0 Å². The Morgan fingerprint density at radius 2 is 1.90 bits per heavy atom.